The molecule has 1 aliphatic heterocycles. The first-order valence-corrected chi connectivity index (χ1v) is 7.57. The van der Waals surface area contributed by atoms with Gasteiger partial charge >= 0.3 is 0 Å². The van der Waals surface area contributed by atoms with E-state index in [-0.39, 0.29) is 0 Å². The lowest BCUT2D eigenvalue weighted by Gasteiger charge is -2.33. The Labute approximate surface area is 111 Å². The summed E-state index contributed by atoms with van der Waals surface area (Å²) in [7, 11) is 0. The number of hydrogen-bond acceptors (Lipinski definition) is 1. The molecule has 3 rings (SSSR count). The first kappa shape index (κ1) is 12.2. The number of rotatable bonds is 3. The number of benzene rings is 1. The summed E-state index contributed by atoms with van der Waals surface area (Å²) in [5.74, 6) is 1.54. The van der Waals surface area contributed by atoms with Crippen molar-refractivity contribution in [2.45, 2.75) is 64.5 Å². The van der Waals surface area contributed by atoms with Crippen LogP contribution in [0.5, 0.6) is 0 Å². The summed E-state index contributed by atoms with van der Waals surface area (Å²) in [4.78, 5) is 0. The third-order valence-corrected chi connectivity index (χ3v) is 4.64. The minimum absolute atomic E-state index is 0.636. The minimum Gasteiger partial charge on any atom is -0.307 e. The van der Waals surface area contributed by atoms with Gasteiger partial charge in [-0.3, -0.25) is 0 Å². The minimum atomic E-state index is 0.636. The first-order chi connectivity index (χ1) is 8.69. The molecule has 2 unspecified atom stereocenters. The standard InChI is InChI=1S/C17H25N/c1-4-15-9-14-8-7-13(11(2)3)10-16(14)17(18-15)12-5-6-12/h7-8,10-12,15,17-18H,4-6,9H2,1-3H3. The molecule has 0 aromatic heterocycles. The molecule has 0 bridgehead atoms. The van der Waals surface area contributed by atoms with Gasteiger partial charge < -0.3 is 5.32 Å². The fourth-order valence-electron chi connectivity index (χ4n) is 3.20. The predicted octanol–water partition coefficient (Wildman–Crippen LogP) is 4.19. The van der Waals surface area contributed by atoms with Gasteiger partial charge in [0.25, 0.3) is 0 Å². The smallest absolute Gasteiger partial charge is 0.0354 e. The highest BCUT2D eigenvalue weighted by molar-refractivity contribution is 5.39. The number of hydrogen-bond donors (Lipinski definition) is 1. The highest BCUT2D eigenvalue weighted by Crippen LogP contribution is 2.44. The van der Waals surface area contributed by atoms with Crippen molar-refractivity contribution in [1.29, 1.82) is 0 Å². The predicted molar refractivity (Wildman–Crippen MR) is 76.9 cm³/mol. The Morgan fingerprint density at radius 2 is 2.06 bits per heavy atom. The molecule has 18 heavy (non-hydrogen) atoms. The molecule has 1 aliphatic carbocycles. The van der Waals surface area contributed by atoms with E-state index in [0.29, 0.717) is 18.0 Å². The Hall–Kier alpha value is -0.820. The zero-order valence-corrected chi connectivity index (χ0v) is 11.9. The van der Waals surface area contributed by atoms with E-state index in [4.69, 9.17) is 0 Å². The Balaban J connectivity index is 1.97. The van der Waals surface area contributed by atoms with Crippen molar-refractivity contribution in [3.8, 4) is 0 Å². The van der Waals surface area contributed by atoms with Crippen molar-refractivity contribution >= 4 is 0 Å². The van der Waals surface area contributed by atoms with E-state index in [1.165, 1.54) is 31.2 Å². The second-order valence-corrected chi connectivity index (χ2v) is 6.40. The van der Waals surface area contributed by atoms with Gasteiger partial charge in [-0.15, -0.1) is 0 Å². The summed E-state index contributed by atoms with van der Waals surface area (Å²) < 4.78 is 0. The molecule has 1 saturated carbocycles. The number of fused-ring (bicyclic) bond motifs is 1. The third kappa shape index (κ3) is 2.21. The largest absolute Gasteiger partial charge is 0.307 e. The van der Waals surface area contributed by atoms with Gasteiger partial charge in [-0.2, -0.15) is 0 Å². The highest BCUT2D eigenvalue weighted by Gasteiger charge is 2.37. The summed E-state index contributed by atoms with van der Waals surface area (Å²) in [6.45, 7) is 6.88. The van der Waals surface area contributed by atoms with E-state index in [1.54, 1.807) is 11.1 Å². The zero-order chi connectivity index (χ0) is 12.7. The quantitative estimate of drug-likeness (QED) is 0.839. The SMILES string of the molecule is CCC1Cc2ccc(C(C)C)cc2C(C2CC2)N1. The van der Waals surface area contributed by atoms with Gasteiger partial charge in [-0.25, -0.2) is 0 Å². The van der Waals surface area contributed by atoms with Crippen LogP contribution in [-0.2, 0) is 6.42 Å². The summed E-state index contributed by atoms with van der Waals surface area (Å²) >= 11 is 0. The lowest BCUT2D eigenvalue weighted by Crippen LogP contribution is -2.40. The van der Waals surface area contributed by atoms with Crippen LogP contribution in [0.25, 0.3) is 0 Å². The molecule has 0 amide bonds. The van der Waals surface area contributed by atoms with Gasteiger partial charge in [0.2, 0.25) is 0 Å². The van der Waals surface area contributed by atoms with E-state index in [2.05, 4.69) is 44.3 Å². The molecule has 0 saturated heterocycles. The van der Waals surface area contributed by atoms with Crippen LogP contribution in [0.2, 0.25) is 0 Å². The summed E-state index contributed by atoms with van der Waals surface area (Å²) in [5.41, 5.74) is 4.70. The van der Waals surface area contributed by atoms with Crippen molar-refractivity contribution in [3.05, 3.63) is 34.9 Å². The van der Waals surface area contributed by atoms with E-state index >= 15 is 0 Å². The zero-order valence-electron chi connectivity index (χ0n) is 11.9. The van der Waals surface area contributed by atoms with Gasteiger partial charge in [0.15, 0.2) is 0 Å². The molecule has 0 spiro atoms. The van der Waals surface area contributed by atoms with Crippen LogP contribution in [0.1, 0.15) is 68.7 Å². The van der Waals surface area contributed by atoms with E-state index in [1.807, 2.05) is 0 Å². The van der Waals surface area contributed by atoms with E-state index < -0.39 is 0 Å². The topological polar surface area (TPSA) is 12.0 Å². The van der Waals surface area contributed by atoms with Crippen molar-refractivity contribution in [2.24, 2.45) is 5.92 Å². The normalized spacial score (nSPS) is 27.3. The van der Waals surface area contributed by atoms with Crippen molar-refractivity contribution in [3.63, 3.8) is 0 Å². The monoisotopic (exact) mass is 243 g/mol. The lowest BCUT2D eigenvalue weighted by atomic mass is 9.84. The maximum absolute atomic E-state index is 3.89. The molecule has 1 fully saturated rings. The second kappa shape index (κ2) is 4.70. The maximum atomic E-state index is 3.89. The highest BCUT2D eigenvalue weighted by atomic mass is 15.0. The Bertz CT molecular complexity index is 431. The molecule has 1 aromatic carbocycles. The van der Waals surface area contributed by atoms with Crippen LogP contribution in [-0.4, -0.2) is 6.04 Å². The Morgan fingerprint density at radius 3 is 2.67 bits per heavy atom. The molecule has 1 N–H and O–H groups in total. The summed E-state index contributed by atoms with van der Waals surface area (Å²) in [6.07, 6.45) is 5.29. The fraction of sp³-hybridized carbons (Fsp3) is 0.647. The van der Waals surface area contributed by atoms with Gasteiger partial charge in [0.05, 0.1) is 0 Å². The molecular weight excluding hydrogens is 218 g/mol. The van der Waals surface area contributed by atoms with Crippen molar-refractivity contribution in [2.75, 3.05) is 0 Å². The van der Waals surface area contributed by atoms with Crippen LogP contribution in [0.4, 0.5) is 0 Å². The van der Waals surface area contributed by atoms with Crippen molar-refractivity contribution < 1.29 is 0 Å². The fourth-order valence-corrected chi connectivity index (χ4v) is 3.20. The molecule has 0 radical (unpaired) electrons. The van der Waals surface area contributed by atoms with Crippen LogP contribution in [0, 0.1) is 5.92 Å². The van der Waals surface area contributed by atoms with Gasteiger partial charge in [-0.1, -0.05) is 39.0 Å². The van der Waals surface area contributed by atoms with Crippen LogP contribution in [0.3, 0.4) is 0 Å². The molecule has 1 aromatic rings. The maximum Gasteiger partial charge on any atom is 0.0354 e. The molecule has 2 atom stereocenters. The third-order valence-electron chi connectivity index (χ3n) is 4.64. The van der Waals surface area contributed by atoms with Gasteiger partial charge in [0.1, 0.15) is 0 Å². The molecular formula is C17H25N. The molecule has 98 valence electrons. The summed E-state index contributed by atoms with van der Waals surface area (Å²) in [6, 6.07) is 8.53. The Morgan fingerprint density at radius 1 is 1.28 bits per heavy atom. The first-order valence-electron chi connectivity index (χ1n) is 7.57. The van der Waals surface area contributed by atoms with Gasteiger partial charge in [-0.05, 0) is 54.2 Å². The molecule has 1 heterocycles. The van der Waals surface area contributed by atoms with Crippen molar-refractivity contribution in [1.82, 2.24) is 5.32 Å². The van der Waals surface area contributed by atoms with Crippen LogP contribution in [0.15, 0.2) is 18.2 Å². The number of nitrogens with one attached hydrogen (secondary N) is 1. The van der Waals surface area contributed by atoms with Gasteiger partial charge in [0, 0.05) is 12.1 Å². The average Bonchev–Trinajstić information content (AvgIpc) is 3.20. The van der Waals surface area contributed by atoms with E-state index in [9.17, 15) is 0 Å². The molecule has 2 aliphatic rings. The molecule has 1 heteroatoms. The average molecular weight is 243 g/mol. The summed E-state index contributed by atoms with van der Waals surface area (Å²) in [5, 5.41) is 3.89. The van der Waals surface area contributed by atoms with E-state index in [0.717, 1.165) is 5.92 Å². The van der Waals surface area contributed by atoms with Crippen LogP contribution < -0.4 is 5.32 Å². The van der Waals surface area contributed by atoms with Crippen LogP contribution >= 0.6 is 0 Å². The Kier molecular flexibility index (Phi) is 3.19. The lowest BCUT2D eigenvalue weighted by molar-refractivity contribution is 0.365. The second-order valence-electron chi connectivity index (χ2n) is 6.40. The molecule has 1 nitrogen and oxygen atoms in total.